The molecule has 0 unspecified atom stereocenters. The van der Waals surface area contributed by atoms with Gasteiger partial charge in [-0.25, -0.2) is 4.98 Å². The number of methoxy groups -OCH3 is 1. The Labute approximate surface area is 164 Å². The molecule has 0 aliphatic heterocycles. The summed E-state index contributed by atoms with van der Waals surface area (Å²) in [7, 11) is 1.61. The van der Waals surface area contributed by atoms with Gasteiger partial charge in [-0.3, -0.25) is 4.79 Å². The SMILES string of the molecule is COc1ccc2oc(-c3cccc(NC(=O)c4ccc(Br)cc4)c3)nc2c1. The number of benzene rings is 3. The number of halogens is 1. The minimum absolute atomic E-state index is 0.179. The van der Waals surface area contributed by atoms with E-state index in [1.807, 2.05) is 54.6 Å². The van der Waals surface area contributed by atoms with Crippen LogP contribution >= 0.6 is 15.9 Å². The third kappa shape index (κ3) is 3.71. The summed E-state index contributed by atoms with van der Waals surface area (Å²) in [6.45, 7) is 0. The highest BCUT2D eigenvalue weighted by Crippen LogP contribution is 2.28. The number of anilines is 1. The molecule has 0 radical (unpaired) electrons. The average molecular weight is 423 g/mol. The van der Waals surface area contributed by atoms with Crippen LogP contribution in [0.25, 0.3) is 22.6 Å². The molecule has 4 aromatic rings. The second kappa shape index (κ2) is 7.25. The summed E-state index contributed by atoms with van der Waals surface area (Å²) in [6.07, 6.45) is 0. The Bertz CT molecular complexity index is 1120. The maximum absolute atomic E-state index is 12.4. The summed E-state index contributed by atoms with van der Waals surface area (Å²) in [6, 6.07) is 20.0. The van der Waals surface area contributed by atoms with Crippen molar-refractivity contribution in [3.05, 3.63) is 76.8 Å². The molecular formula is C21H15BrN2O3. The molecule has 1 aromatic heterocycles. The number of nitrogens with one attached hydrogen (secondary N) is 1. The van der Waals surface area contributed by atoms with E-state index in [2.05, 4.69) is 26.2 Å². The largest absolute Gasteiger partial charge is 0.497 e. The summed E-state index contributed by atoms with van der Waals surface area (Å²) in [4.78, 5) is 16.9. The molecule has 0 aliphatic rings. The zero-order valence-electron chi connectivity index (χ0n) is 14.4. The highest BCUT2D eigenvalue weighted by Gasteiger charge is 2.11. The number of amides is 1. The zero-order chi connectivity index (χ0) is 18.8. The van der Waals surface area contributed by atoms with E-state index in [0.717, 1.165) is 15.8 Å². The van der Waals surface area contributed by atoms with Gasteiger partial charge in [0.15, 0.2) is 5.58 Å². The van der Waals surface area contributed by atoms with Crippen LogP contribution in [0.2, 0.25) is 0 Å². The number of carbonyl (C=O) groups is 1. The minimum atomic E-state index is -0.179. The number of carbonyl (C=O) groups excluding carboxylic acids is 1. The molecule has 5 nitrogen and oxygen atoms in total. The van der Waals surface area contributed by atoms with Crippen molar-refractivity contribution in [3.63, 3.8) is 0 Å². The van der Waals surface area contributed by atoms with Gasteiger partial charge in [-0.05, 0) is 54.6 Å². The first-order valence-electron chi connectivity index (χ1n) is 8.24. The number of hydrogen-bond donors (Lipinski definition) is 1. The Balaban J connectivity index is 1.60. The molecule has 0 spiro atoms. The maximum atomic E-state index is 12.4. The molecule has 6 heteroatoms. The van der Waals surface area contributed by atoms with Crippen molar-refractivity contribution in [1.82, 2.24) is 4.98 Å². The Hall–Kier alpha value is -3.12. The van der Waals surface area contributed by atoms with Gasteiger partial charge in [0.1, 0.15) is 11.3 Å². The zero-order valence-corrected chi connectivity index (χ0v) is 16.0. The second-order valence-corrected chi connectivity index (χ2v) is 6.81. The molecule has 27 heavy (non-hydrogen) atoms. The lowest BCUT2D eigenvalue weighted by molar-refractivity contribution is 0.102. The van der Waals surface area contributed by atoms with Crippen LogP contribution in [-0.4, -0.2) is 18.0 Å². The van der Waals surface area contributed by atoms with Gasteiger partial charge in [0, 0.05) is 27.4 Å². The van der Waals surface area contributed by atoms with Gasteiger partial charge >= 0.3 is 0 Å². The van der Waals surface area contributed by atoms with Gasteiger partial charge in [-0.2, -0.15) is 0 Å². The van der Waals surface area contributed by atoms with Gasteiger partial charge in [-0.1, -0.05) is 22.0 Å². The lowest BCUT2D eigenvalue weighted by atomic mass is 10.1. The van der Waals surface area contributed by atoms with Crippen LogP contribution in [0.3, 0.4) is 0 Å². The fourth-order valence-corrected chi connectivity index (χ4v) is 2.96. The van der Waals surface area contributed by atoms with Crippen molar-refractivity contribution in [1.29, 1.82) is 0 Å². The number of rotatable bonds is 4. The lowest BCUT2D eigenvalue weighted by Gasteiger charge is -2.06. The van der Waals surface area contributed by atoms with Crippen molar-refractivity contribution < 1.29 is 13.9 Å². The normalized spacial score (nSPS) is 10.7. The summed E-state index contributed by atoms with van der Waals surface area (Å²) in [5.41, 5.74) is 3.42. The molecule has 134 valence electrons. The third-order valence-electron chi connectivity index (χ3n) is 4.07. The number of aromatic nitrogens is 1. The van der Waals surface area contributed by atoms with Crippen molar-refractivity contribution in [2.24, 2.45) is 0 Å². The molecule has 3 aromatic carbocycles. The molecular weight excluding hydrogens is 408 g/mol. The van der Waals surface area contributed by atoms with Gasteiger partial charge in [0.25, 0.3) is 5.91 Å². The second-order valence-electron chi connectivity index (χ2n) is 5.89. The maximum Gasteiger partial charge on any atom is 0.255 e. The number of fused-ring (bicyclic) bond motifs is 1. The molecule has 0 bridgehead atoms. The van der Waals surface area contributed by atoms with E-state index in [1.165, 1.54) is 0 Å². The van der Waals surface area contributed by atoms with E-state index < -0.39 is 0 Å². The Kier molecular flexibility index (Phi) is 4.64. The van der Waals surface area contributed by atoms with Gasteiger partial charge < -0.3 is 14.5 Å². The summed E-state index contributed by atoms with van der Waals surface area (Å²) in [5, 5.41) is 2.90. The molecule has 0 aliphatic carbocycles. The van der Waals surface area contributed by atoms with E-state index in [-0.39, 0.29) is 5.91 Å². The first-order valence-corrected chi connectivity index (χ1v) is 9.03. The van der Waals surface area contributed by atoms with Crippen LogP contribution in [0, 0.1) is 0 Å². The van der Waals surface area contributed by atoms with Crippen LogP contribution in [0.4, 0.5) is 5.69 Å². The Morgan fingerprint density at radius 2 is 1.89 bits per heavy atom. The monoisotopic (exact) mass is 422 g/mol. The van der Waals surface area contributed by atoms with E-state index in [0.29, 0.717) is 28.2 Å². The predicted molar refractivity (Wildman–Crippen MR) is 108 cm³/mol. The van der Waals surface area contributed by atoms with Crippen molar-refractivity contribution in [2.75, 3.05) is 12.4 Å². The summed E-state index contributed by atoms with van der Waals surface area (Å²) < 4.78 is 12.0. The highest BCUT2D eigenvalue weighted by molar-refractivity contribution is 9.10. The van der Waals surface area contributed by atoms with E-state index in [9.17, 15) is 4.79 Å². The average Bonchev–Trinajstić information content (AvgIpc) is 3.12. The van der Waals surface area contributed by atoms with Crippen LogP contribution < -0.4 is 10.1 Å². The first kappa shape index (κ1) is 17.3. The topological polar surface area (TPSA) is 64.4 Å². The fourth-order valence-electron chi connectivity index (χ4n) is 2.69. The number of nitrogens with zero attached hydrogens (tertiary/aromatic N) is 1. The first-order chi connectivity index (χ1) is 13.1. The highest BCUT2D eigenvalue weighted by atomic mass is 79.9. The van der Waals surface area contributed by atoms with Crippen molar-refractivity contribution in [3.8, 4) is 17.2 Å². The molecule has 0 saturated carbocycles. The summed E-state index contributed by atoms with van der Waals surface area (Å²) >= 11 is 3.36. The summed E-state index contributed by atoms with van der Waals surface area (Å²) in [5.74, 6) is 1.03. The van der Waals surface area contributed by atoms with Crippen LogP contribution in [-0.2, 0) is 0 Å². The Morgan fingerprint density at radius 3 is 2.67 bits per heavy atom. The van der Waals surface area contributed by atoms with E-state index >= 15 is 0 Å². The number of oxazole rings is 1. The fraction of sp³-hybridized carbons (Fsp3) is 0.0476. The lowest BCUT2D eigenvalue weighted by Crippen LogP contribution is -2.11. The quantitative estimate of drug-likeness (QED) is 0.470. The standard InChI is InChI=1S/C21H15BrN2O3/c1-26-17-9-10-19-18(12-17)24-21(27-19)14-3-2-4-16(11-14)23-20(25)13-5-7-15(22)8-6-13/h2-12H,1H3,(H,23,25). The van der Waals surface area contributed by atoms with Crippen LogP contribution in [0.1, 0.15) is 10.4 Å². The predicted octanol–water partition coefficient (Wildman–Crippen LogP) is 5.52. The molecule has 4 rings (SSSR count). The van der Waals surface area contributed by atoms with Gasteiger partial charge in [0.2, 0.25) is 5.89 Å². The number of hydrogen-bond acceptors (Lipinski definition) is 4. The third-order valence-corrected chi connectivity index (χ3v) is 4.60. The van der Waals surface area contributed by atoms with Gasteiger partial charge in [-0.15, -0.1) is 0 Å². The smallest absolute Gasteiger partial charge is 0.255 e. The molecule has 1 N–H and O–H groups in total. The molecule has 0 saturated heterocycles. The van der Waals surface area contributed by atoms with Gasteiger partial charge in [0.05, 0.1) is 7.11 Å². The number of ether oxygens (including phenoxy) is 1. The van der Waals surface area contributed by atoms with Crippen LogP contribution in [0.15, 0.2) is 75.6 Å². The van der Waals surface area contributed by atoms with E-state index in [1.54, 1.807) is 19.2 Å². The van der Waals surface area contributed by atoms with Crippen molar-refractivity contribution >= 4 is 38.6 Å². The minimum Gasteiger partial charge on any atom is -0.497 e. The van der Waals surface area contributed by atoms with Crippen LogP contribution in [0.5, 0.6) is 5.75 Å². The molecule has 0 atom stereocenters. The molecule has 1 heterocycles. The molecule has 0 fully saturated rings. The van der Waals surface area contributed by atoms with E-state index in [4.69, 9.17) is 9.15 Å². The molecule has 1 amide bonds. The van der Waals surface area contributed by atoms with Crippen molar-refractivity contribution in [2.45, 2.75) is 0 Å². The Morgan fingerprint density at radius 1 is 1.07 bits per heavy atom.